The van der Waals surface area contributed by atoms with Gasteiger partial charge in [0.2, 0.25) is 0 Å². The van der Waals surface area contributed by atoms with E-state index in [1.807, 2.05) is 13.8 Å². The molecule has 1 heterocycles. The number of nitrogens with zero attached hydrogens (tertiary/aromatic N) is 2. The molecule has 1 atom stereocenters. The maximum absolute atomic E-state index is 11.7. The van der Waals surface area contributed by atoms with Crippen LogP contribution in [-0.4, -0.2) is 38.6 Å². The van der Waals surface area contributed by atoms with Gasteiger partial charge in [-0.05, 0) is 50.5 Å². The molecule has 1 amide bonds. The van der Waals surface area contributed by atoms with E-state index in [1.165, 1.54) is 4.68 Å². The molecule has 1 rings (SSSR count). The molecule has 118 valence electrons. The molecular weight excluding hydrogens is 342 g/mol. The predicted molar refractivity (Wildman–Crippen MR) is 80.2 cm³/mol. The van der Waals surface area contributed by atoms with Crippen LogP contribution in [0, 0.1) is 13.8 Å². The summed E-state index contributed by atoms with van der Waals surface area (Å²) in [5.41, 5.74) is 0.868. The first kappa shape index (κ1) is 17.5. The van der Waals surface area contributed by atoms with E-state index in [0.717, 1.165) is 15.9 Å². The largest absolute Gasteiger partial charge is 0.480 e. The van der Waals surface area contributed by atoms with Crippen molar-refractivity contribution in [1.82, 2.24) is 15.1 Å². The van der Waals surface area contributed by atoms with Gasteiger partial charge in [0.25, 0.3) is 0 Å². The van der Waals surface area contributed by atoms with Crippen LogP contribution in [0.2, 0.25) is 0 Å². The van der Waals surface area contributed by atoms with Crippen molar-refractivity contribution in [3.63, 3.8) is 0 Å². The Balaban J connectivity index is 2.81. The Labute approximate surface area is 131 Å². The highest BCUT2D eigenvalue weighted by Crippen LogP contribution is 2.20. The standard InChI is InChI=1S/C13H20BrN3O4/c1-7-10(14)8(2)17(16-7)6-9(11(18)19)15-12(20)21-13(3,4)5/h9H,6H2,1-5H3,(H,15,20)(H,18,19). The summed E-state index contributed by atoms with van der Waals surface area (Å²) in [5, 5.41) is 15.8. The minimum absolute atomic E-state index is 0.0207. The highest BCUT2D eigenvalue weighted by atomic mass is 79.9. The van der Waals surface area contributed by atoms with Crippen molar-refractivity contribution in [2.24, 2.45) is 0 Å². The van der Waals surface area contributed by atoms with E-state index in [9.17, 15) is 14.7 Å². The number of aromatic nitrogens is 2. The summed E-state index contributed by atoms with van der Waals surface area (Å²) < 4.78 is 7.42. The number of rotatable bonds is 4. The van der Waals surface area contributed by atoms with E-state index < -0.39 is 23.7 Å². The lowest BCUT2D eigenvalue weighted by Gasteiger charge is -2.22. The molecule has 8 heteroatoms. The first-order valence-electron chi connectivity index (χ1n) is 6.43. The fourth-order valence-corrected chi connectivity index (χ4v) is 1.95. The molecule has 2 N–H and O–H groups in total. The van der Waals surface area contributed by atoms with Crippen molar-refractivity contribution in [2.45, 2.75) is 52.8 Å². The fraction of sp³-hybridized carbons (Fsp3) is 0.615. The third-order valence-electron chi connectivity index (χ3n) is 2.64. The minimum atomic E-state index is -1.15. The topological polar surface area (TPSA) is 93.5 Å². The normalized spacial score (nSPS) is 12.9. The maximum Gasteiger partial charge on any atom is 0.408 e. The average Bonchev–Trinajstić information content (AvgIpc) is 2.53. The van der Waals surface area contributed by atoms with Crippen molar-refractivity contribution in [3.05, 3.63) is 15.9 Å². The number of nitrogens with one attached hydrogen (secondary N) is 1. The Hall–Kier alpha value is -1.57. The third-order valence-corrected chi connectivity index (χ3v) is 3.79. The van der Waals surface area contributed by atoms with Gasteiger partial charge in [0.1, 0.15) is 11.6 Å². The smallest absolute Gasteiger partial charge is 0.408 e. The first-order valence-corrected chi connectivity index (χ1v) is 7.22. The molecule has 7 nitrogen and oxygen atoms in total. The van der Waals surface area contributed by atoms with Gasteiger partial charge in [0, 0.05) is 5.69 Å². The van der Waals surface area contributed by atoms with Crippen LogP contribution < -0.4 is 5.32 Å². The van der Waals surface area contributed by atoms with E-state index in [4.69, 9.17) is 4.74 Å². The highest BCUT2D eigenvalue weighted by Gasteiger charge is 2.25. The Morgan fingerprint density at radius 1 is 1.43 bits per heavy atom. The quantitative estimate of drug-likeness (QED) is 0.857. The van der Waals surface area contributed by atoms with Gasteiger partial charge in [0.05, 0.1) is 16.7 Å². The van der Waals surface area contributed by atoms with Crippen molar-refractivity contribution in [1.29, 1.82) is 0 Å². The number of carbonyl (C=O) groups excluding carboxylic acids is 1. The first-order chi connectivity index (χ1) is 9.51. The van der Waals surface area contributed by atoms with Gasteiger partial charge in [0.15, 0.2) is 0 Å². The number of ether oxygens (including phenoxy) is 1. The van der Waals surface area contributed by atoms with E-state index in [1.54, 1.807) is 20.8 Å². The van der Waals surface area contributed by atoms with E-state index in [-0.39, 0.29) is 6.54 Å². The van der Waals surface area contributed by atoms with Crippen LogP contribution in [0.25, 0.3) is 0 Å². The SMILES string of the molecule is Cc1nn(CC(NC(=O)OC(C)(C)C)C(=O)O)c(C)c1Br. The van der Waals surface area contributed by atoms with Gasteiger partial charge in [-0.3, -0.25) is 4.68 Å². The molecule has 0 aliphatic carbocycles. The van der Waals surface area contributed by atoms with Gasteiger partial charge in [-0.1, -0.05) is 0 Å². The number of aliphatic carboxylic acids is 1. The predicted octanol–water partition coefficient (Wildman–Crippen LogP) is 2.24. The minimum Gasteiger partial charge on any atom is -0.480 e. The fourth-order valence-electron chi connectivity index (χ4n) is 1.66. The van der Waals surface area contributed by atoms with Crippen LogP contribution in [0.4, 0.5) is 4.79 Å². The number of aryl methyl sites for hydroxylation is 1. The van der Waals surface area contributed by atoms with Crippen molar-refractivity contribution >= 4 is 28.0 Å². The van der Waals surface area contributed by atoms with Crippen LogP contribution in [0.15, 0.2) is 4.47 Å². The second-order valence-electron chi connectivity index (χ2n) is 5.70. The van der Waals surface area contributed by atoms with E-state index in [2.05, 4.69) is 26.3 Å². The molecule has 1 unspecified atom stereocenters. The molecular formula is C13H20BrN3O4. The van der Waals surface area contributed by atoms with Gasteiger partial charge < -0.3 is 15.2 Å². The van der Waals surface area contributed by atoms with Crippen LogP contribution in [0.1, 0.15) is 32.2 Å². The van der Waals surface area contributed by atoms with Gasteiger partial charge in [-0.15, -0.1) is 0 Å². The molecule has 0 saturated heterocycles. The van der Waals surface area contributed by atoms with Crippen molar-refractivity contribution in [3.8, 4) is 0 Å². The molecule has 21 heavy (non-hydrogen) atoms. The van der Waals surface area contributed by atoms with Crippen LogP contribution in [-0.2, 0) is 16.1 Å². The van der Waals surface area contributed by atoms with Gasteiger partial charge >= 0.3 is 12.1 Å². The Morgan fingerprint density at radius 3 is 2.38 bits per heavy atom. The molecule has 0 saturated carbocycles. The second-order valence-corrected chi connectivity index (χ2v) is 6.50. The number of hydrogen-bond acceptors (Lipinski definition) is 4. The zero-order valence-electron chi connectivity index (χ0n) is 12.7. The highest BCUT2D eigenvalue weighted by molar-refractivity contribution is 9.10. The van der Waals surface area contributed by atoms with E-state index in [0.29, 0.717) is 0 Å². The van der Waals surface area contributed by atoms with Crippen molar-refractivity contribution < 1.29 is 19.4 Å². The summed E-state index contributed by atoms with van der Waals surface area (Å²) in [7, 11) is 0. The summed E-state index contributed by atoms with van der Waals surface area (Å²) in [6, 6.07) is -1.12. The molecule has 0 aliphatic heterocycles. The monoisotopic (exact) mass is 361 g/mol. The number of alkyl carbamates (subject to hydrolysis) is 1. The molecule has 0 aliphatic rings. The van der Waals surface area contributed by atoms with Crippen LogP contribution in [0.5, 0.6) is 0 Å². The molecule has 0 radical (unpaired) electrons. The maximum atomic E-state index is 11.7. The van der Waals surface area contributed by atoms with Crippen LogP contribution >= 0.6 is 15.9 Å². The van der Waals surface area contributed by atoms with Crippen molar-refractivity contribution in [2.75, 3.05) is 0 Å². The zero-order valence-corrected chi connectivity index (χ0v) is 14.3. The molecule has 0 fully saturated rings. The number of carbonyl (C=O) groups is 2. The summed E-state index contributed by atoms with van der Waals surface area (Å²) in [5.74, 6) is -1.15. The summed E-state index contributed by atoms with van der Waals surface area (Å²) >= 11 is 3.37. The van der Waals surface area contributed by atoms with E-state index >= 15 is 0 Å². The molecule has 0 aromatic carbocycles. The second kappa shape index (κ2) is 6.46. The molecule has 0 bridgehead atoms. The molecule has 1 aromatic heterocycles. The Bertz CT molecular complexity index is 548. The summed E-state index contributed by atoms with van der Waals surface area (Å²) in [4.78, 5) is 23.0. The lowest BCUT2D eigenvalue weighted by Crippen LogP contribution is -2.46. The number of amides is 1. The Kier molecular flexibility index (Phi) is 5.38. The number of carboxylic acids is 1. The Morgan fingerprint density at radius 2 is 2.00 bits per heavy atom. The summed E-state index contributed by atoms with van der Waals surface area (Å²) in [6.45, 7) is 8.77. The lowest BCUT2D eigenvalue weighted by molar-refractivity contribution is -0.139. The summed E-state index contributed by atoms with van der Waals surface area (Å²) in [6.07, 6.45) is -0.768. The lowest BCUT2D eigenvalue weighted by atomic mass is 10.2. The number of hydrogen-bond donors (Lipinski definition) is 2. The van der Waals surface area contributed by atoms with Crippen LogP contribution in [0.3, 0.4) is 0 Å². The van der Waals surface area contributed by atoms with Gasteiger partial charge in [-0.2, -0.15) is 5.10 Å². The molecule has 1 aromatic rings. The zero-order chi connectivity index (χ0) is 16.4. The number of carboxylic acid groups (broad SMARTS) is 1. The average molecular weight is 362 g/mol. The third kappa shape index (κ3) is 5.04. The molecule has 0 spiro atoms. The number of halogens is 1. The van der Waals surface area contributed by atoms with Gasteiger partial charge in [-0.25, -0.2) is 9.59 Å².